The van der Waals surface area contributed by atoms with E-state index in [2.05, 4.69) is 34.3 Å². The lowest BCUT2D eigenvalue weighted by Gasteiger charge is -2.14. The fourth-order valence-corrected chi connectivity index (χ4v) is 3.48. The van der Waals surface area contributed by atoms with E-state index in [0.717, 1.165) is 16.9 Å². The molecule has 0 aliphatic rings. The van der Waals surface area contributed by atoms with Crippen LogP contribution in [0.15, 0.2) is 91.4 Å². The molecule has 7 heteroatoms. The Hall–Kier alpha value is -4.39. The second-order valence-corrected chi connectivity index (χ2v) is 7.45. The number of rotatable bonds is 6. The van der Waals surface area contributed by atoms with Gasteiger partial charge in [-0.15, -0.1) is 0 Å². The van der Waals surface area contributed by atoms with Crippen molar-refractivity contribution in [3.8, 4) is 17.3 Å². The van der Waals surface area contributed by atoms with E-state index < -0.39 is 0 Å². The SMILES string of the molecule is CC(Nc1nccc(-n2cnc3ccc(Oc4ccc(N)cc4)cc32)n1)c1ccccc1. The summed E-state index contributed by atoms with van der Waals surface area (Å²) in [6.07, 6.45) is 3.49. The van der Waals surface area contributed by atoms with E-state index in [1.165, 1.54) is 5.56 Å². The average Bonchev–Trinajstić information content (AvgIpc) is 3.25. The topological polar surface area (TPSA) is 90.9 Å². The van der Waals surface area contributed by atoms with Crippen LogP contribution in [0.5, 0.6) is 11.5 Å². The Bertz CT molecular complexity index is 1350. The first kappa shape index (κ1) is 19.6. The van der Waals surface area contributed by atoms with Gasteiger partial charge in [0, 0.05) is 18.0 Å². The van der Waals surface area contributed by atoms with Gasteiger partial charge in [-0.1, -0.05) is 30.3 Å². The number of anilines is 2. The van der Waals surface area contributed by atoms with Crippen molar-refractivity contribution >= 4 is 22.7 Å². The number of nitrogens with two attached hydrogens (primary N) is 1. The van der Waals surface area contributed by atoms with Crippen LogP contribution in [-0.2, 0) is 0 Å². The highest BCUT2D eigenvalue weighted by Crippen LogP contribution is 2.27. The highest BCUT2D eigenvalue weighted by atomic mass is 16.5. The van der Waals surface area contributed by atoms with Gasteiger partial charge in [0.25, 0.3) is 0 Å². The summed E-state index contributed by atoms with van der Waals surface area (Å²) >= 11 is 0. The summed E-state index contributed by atoms with van der Waals surface area (Å²) in [5.41, 5.74) is 9.35. The normalized spacial score (nSPS) is 11.9. The van der Waals surface area contributed by atoms with Crippen LogP contribution < -0.4 is 15.8 Å². The second kappa shape index (κ2) is 8.39. The highest BCUT2D eigenvalue weighted by molar-refractivity contribution is 5.78. The van der Waals surface area contributed by atoms with Gasteiger partial charge in [0.2, 0.25) is 5.95 Å². The summed E-state index contributed by atoms with van der Waals surface area (Å²) in [7, 11) is 0. The molecule has 3 aromatic carbocycles. The maximum absolute atomic E-state index is 5.99. The van der Waals surface area contributed by atoms with Crippen molar-refractivity contribution in [3.63, 3.8) is 0 Å². The molecule has 158 valence electrons. The number of nitrogens with one attached hydrogen (secondary N) is 1. The van der Waals surface area contributed by atoms with Gasteiger partial charge in [0.15, 0.2) is 0 Å². The Morgan fingerprint density at radius 3 is 2.50 bits per heavy atom. The van der Waals surface area contributed by atoms with E-state index in [1.54, 1.807) is 12.5 Å². The molecule has 1 atom stereocenters. The zero-order valence-electron chi connectivity index (χ0n) is 17.5. The summed E-state index contributed by atoms with van der Waals surface area (Å²) in [6, 6.07) is 25.2. The van der Waals surface area contributed by atoms with Gasteiger partial charge in [0.05, 0.1) is 17.1 Å². The minimum Gasteiger partial charge on any atom is -0.457 e. The van der Waals surface area contributed by atoms with Gasteiger partial charge >= 0.3 is 0 Å². The molecule has 5 aromatic rings. The molecule has 0 aliphatic heterocycles. The van der Waals surface area contributed by atoms with Crippen molar-refractivity contribution in [1.29, 1.82) is 0 Å². The number of aromatic nitrogens is 4. The first-order valence-corrected chi connectivity index (χ1v) is 10.3. The molecular formula is C25H22N6O. The zero-order chi connectivity index (χ0) is 21.9. The molecule has 0 aliphatic carbocycles. The molecule has 0 amide bonds. The number of hydrogen-bond acceptors (Lipinski definition) is 6. The van der Waals surface area contributed by atoms with Gasteiger partial charge in [0.1, 0.15) is 23.6 Å². The summed E-state index contributed by atoms with van der Waals surface area (Å²) < 4.78 is 7.91. The van der Waals surface area contributed by atoms with E-state index >= 15 is 0 Å². The van der Waals surface area contributed by atoms with Crippen molar-refractivity contribution in [2.45, 2.75) is 13.0 Å². The number of nitrogen functional groups attached to an aromatic ring is 1. The lowest BCUT2D eigenvalue weighted by Crippen LogP contribution is -2.10. The maximum Gasteiger partial charge on any atom is 0.225 e. The highest BCUT2D eigenvalue weighted by Gasteiger charge is 2.11. The summed E-state index contributed by atoms with van der Waals surface area (Å²) in [5, 5.41) is 3.37. The van der Waals surface area contributed by atoms with Gasteiger partial charge < -0.3 is 15.8 Å². The number of imidazole rings is 1. The summed E-state index contributed by atoms with van der Waals surface area (Å²) in [5.74, 6) is 2.69. The Labute approximate surface area is 185 Å². The molecule has 0 radical (unpaired) electrons. The molecular weight excluding hydrogens is 400 g/mol. The van der Waals surface area contributed by atoms with E-state index in [1.807, 2.05) is 71.3 Å². The molecule has 5 rings (SSSR count). The van der Waals surface area contributed by atoms with Crippen molar-refractivity contribution < 1.29 is 4.74 Å². The Balaban J connectivity index is 1.43. The second-order valence-electron chi connectivity index (χ2n) is 7.45. The van der Waals surface area contributed by atoms with Crippen LogP contribution in [-0.4, -0.2) is 19.5 Å². The first-order valence-electron chi connectivity index (χ1n) is 10.3. The van der Waals surface area contributed by atoms with Crippen LogP contribution in [0, 0.1) is 0 Å². The Kier molecular flexibility index (Phi) is 5.13. The van der Waals surface area contributed by atoms with Crippen LogP contribution in [0.1, 0.15) is 18.5 Å². The molecule has 1 unspecified atom stereocenters. The summed E-state index contributed by atoms with van der Waals surface area (Å²) in [4.78, 5) is 13.6. The van der Waals surface area contributed by atoms with E-state index in [0.29, 0.717) is 23.1 Å². The smallest absolute Gasteiger partial charge is 0.225 e. The third-order valence-electron chi connectivity index (χ3n) is 5.17. The predicted molar refractivity (Wildman–Crippen MR) is 126 cm³/mol. The largest absolute Gasteiger partial charge is 0.457 e. The monoisotopic (exact) mass is 422 g/mol. The molecule has 3 N–H and O–H groups in total. The van der Waals surface area contributed by atoms with Gasteiger partial charge in [-0.25, -0.2) is 9.97 Å². The van der Waals surface area contributed by atoms with Gasteiger partial charge in [-0.3, -0.25) is 4.57 Å². The number of nitrogens with zero attached hydrogens (tertiary/aromatic N) is 4. The van der Waals surface area contributed by atoms with Gasteiger partial charge in [-0.05, 0) is 55.0 Å². The van der Waals surface area contributed by atoms with Crippen molar-refractivity contribution in [1.82, 2.24) is 19.5 Å². The Morgan fingerprint density at radius 1 is 0.906 bits per heavy atom. The van der Waals surface area contributed by atoms with Crippen LogP contribution in [0.2, 0.25) is 0 Å². The molecule has 0 bridgehead atoms. The van der Waals surface area contributed by atoms with Crippen molar-refractivity contribution in [2.75, 3.05) is 11.1 Å². The molecule has 2 aromatic heterocycles. The van der Waals surface area contributed by atoms with Crippen LogP contribution >= 0.6 is 0 Å². The lowest BCUT2D eigenvalue weighted by molar-refractivity contribution is 0.483. The fraction of sp³-hybridized carbons (Fsp3) is 0.0800. The number of benzene rings is 3. The predicted octanol–water partition coefficient (Wildman–Crippen LogP) is 5.36. The van der Waals surface area contributed by atoms with E-state index in [4.69, 9.17) is 15.5 Å². The van der Waals surface area contributed by atoms with Crippen molar-refractivity contribution in [2.24, 2.45) is 0 Å². The molecule has 7 nitrogen and oxygen atoms in total. The minimum atomic E-state index is 0.0749. The molecule has 0 spiro atoms. The van der Waals surface area contributed by atoms with Crippen molar-refractivity contribution in [3.05, 3.63) is 97.0 Å². The number of hydrogen-bond donors (Lipinski definition) is 2. The standard InChI is InChI=1S/C25H22N6O/c1-17(18-5-3-2-4-6-18)29-25-27-14-13-24(30-25)31-16-28-22-12-11-21(15-23(22)31)32-20-9-7-19(26)8-10-20/h2-17H,26H2,1H3,(H,27,29,30). The minimum absolute atomic E-state index is 0.0749. The summed E-state index contributed by atoms with van der Waals surface area (Å²) in [6.45, 7) is 2.08. The van der Waals surface area contributed by atoms with Crippen LogP contribution in [0.4, 0.5) is 11.6 Å². The van der Waals surface area contributed by atoms with E-state index in [-0.39, 0.29) is 6.04 Å². The molecule has 0 saturated heterocycles. The molecule has 0 fully saturated rings. The molecule has 0 saturated carbocycles. The van der Waals surface area contributed by atoms with E-state index in [9.17, 15) is 0 Å². The third-order valence-corrected chi connectivity index (χ3v) is 5.17. The van der Waals surface area contributed by atoms with Crippen LogP contribution in [0.3, 0.4) is 0 Å². The number of ether oxygens (including phenoxy) is 1. The molecule has 32 heavy (non-hydrogen) atoms. The first-order chi connectivity index (χ1) is 15.7. The Morgan fingerprint density at radius 2 is 1.69 bits per heavy atom. The quantitative estimate of drug-likeness (QED) is 0.358. The number of fused-ring (bicyclic) bond motifs is 1. The molecule has 2 heterocycles. The van der Waals surface area contributed by atoms with Crippen LogP contribution in [0.25, 0.3) is 16.9 Å². The zero-order valence-corrected chi connectivity index (χ0v) is 17.5. The third kappa shape index (κ3) is 4.09. The maximum atomic E-state index is 5.99. The van der Waals surface area contributed by atoms with Gasteiger partial charge in [-0.2, -0.15) is 4.98 Å². The fourth-order valence-electron chi connectivity index (χ4n) is 3.48. The average molecular weight is 422 g/mol. The lowest BCUT2D eigenvalue weighted by atomic mass is 10.1.